The van der Waals surface area contributed by atoms with Gasteiger partial charge in [-0.05, 0) is 18.2 Å². The lowest BCUT2D eigenvalue weighted by Gasteiger charge is -2.58. The molecule has 0 aromatic heterocycles. The van der Waals surface area contributed by atoms with Crippen LogP contribution in [0.25, 0.3) is 0 Å². The lowest BCUT2D eigenvalue weighted by molar-refractivity contribution is -0.528. The number of ether oxygens (including phenoxy) is 5. The Labute approximate surface area is 175 Å². The quantitative estimate of drug-likeness (QED) is 0.536. The van der Waals surface area contributed by atoms with Crippen molar-refractivity contribution in [3.63, 3.8) is 0 Å². The predicted molar refractivity (Wildman–Crippen MR) is 99.0 cm³/mol. The second-order valence-electron chi connectivity index (χ2n) is 7.59. The van der Waals surface area contributed by atoms with Gasteiger partial charge in [0.05, 0.1) is 23.0 Å². The molecule has 4 fully saturated rings. The van der Waals surface area contributed by atoms with Gasteiger partial charge in [-0.25, -0.2) is 0 Å². The Morgan fingerprint density at radius 2 is 1.68 bits per heavy atom. The Balaban J connectivity index is 1.41. The maximum absolute atomic E-state index is 10.9. The maximum atomic E-state index is 10.9. The minimum atomic E-state index is -1.21. The summed E-state index contributed by atoms with van der Waals surface area (Å²) in [4.78, 5) is 10.2. The van der Waals surface area contributed by atoms with Crippen LogP contribution in [-0.4, -0.2) is 39.3 Å². The van der Waals surface area contributed by atoms with Crippen LogP contribution in [0.2, 0.25) is 0 Å². The van der Waals surface area contributed by atoms with Crippen molar-refractivity contribution < 1.29 is 38.8 Å². The van der Waals surface area contributed by atoms with Crippen LogP contribution in [0.4, 0.5) is 5.69 Å². The number of aromatic hydroxyl groups is 2. The van der Waals surface area contributed by atoms with E-state index in [0.29, 0.717) is 18.6 Å². The third-order valence-electron chi connectivity index (χ3n) is 5.38. The third-order valence-corrected chi connectivity index (χ3v) is 5.38. The minimum Gasteiger partial charge on any atom is -0.506 e. The summed E-state index contributed by atoms with van der Waals surface area (Å²) in [7, 11) is 0. The van der Waals surface area contributed by atoms with Gasteiger partial charge in [-0.1, -0.05) is 0 Å². The highest BCUT2D eigenvalue weighted by molar-refractivity contribution is 5.49. The summed E-state index contributed by atoms with van der Waals surface area (Å²) in [6.45, 7) is -1.06. The van der Waals surface area contributed by atoms with Crippen LogP contribution < -0.4 is 9.47 Å². The van der Waals surface area contributed by atoms with E-state index in [2.05, 4.69) is 0 Å². The van der Waals surface area contributed by atoms with E-state index in [0.717, 1.165) is 12.1 Å². The molecule has 11 nitrogen and oxygen atoms in total. The molecule has 4 aliphatic rings. The number of nitriles is 1. The fourth-order valence-electron chi connectivity index (χ4n) is 4.21. The first-order valence-corrected chi connectivity index (χ1v) is 9.38. The molecule has 0 radical (unpaired) electrons. The van der Waals surface area contributed by atoms with Crippen molar-refractivity contribution in [3.8, 4) is 29.1 Å². The summed E-state index contributed by atoms with van der Waals surface area (Å²) in [6.07, 6.45) is 0.563. The van der Waals surface area contributed by atoms with E-state index >= 15 is 0 Å². The van der Waals surface area contributed by atoms with Crippen LogP contribution in [-0.2, 0) is 14.2 Å². The summed E-state index contributed by atoms with van der Waals surface area (Å²) >= 11 is 0. The summed E-state index contributed by atoms with van der Waals surface area (Å²) in [5.74, 6) is -2.66. The van der Waals surface area contributed by atoms with Crippen LogP contribution in [0.5, 0.6) is 23.0 Å². The smallest absolute Gasteiger partial charge is 0.310 e. The van der Waals surface area contributed by atoms with Gasteiger partial charge < -0.3 is 24.4 Å². The van der Waals surface area contributed by atoms with Crippen molar-refractivity contribution >= 4 is 5.69 Å². The first kappa shape index (κ1) is 19.4. The number of hydrogen-bond acceptors (Lipinski definition) is 10. The van der Waals surface area contributed by atoms with Crippen molar-refractivity contribution in [3.05, 3.63) is 52.1 Å². The molecule has 2 aromatic rings. The molecule has 3 saturated heterocycles. The zero-order valence-corrected chi connectivity index (χ0v) is 15.9. The van der Waals surface area contributed by atoms with E-state index in [9.17, 15) is 20.3 Å². The van der Waals surface area contributed by atoms with Gasteiger partial charge in [-0.15, -0.1) is 0 Å². The first-order chi connectivity index (χ1) is 14.8. The molecule has 6 rings (SSSR count). The monoisotopic (exact) mass is 428 g/mol. The van der Waals surface area contributed by atoms with Crippen molar-refractivity contribution in [2.45, 2.75) is 43.4 Å². The highest BCUT2D eigenvalue weighted by Gasteiger charge is 2.64. The zero-order chi connectivity index (χ0) is 21.8. The Kier molecular flexibility index (Phi) is 4.19. The number of phenols is 2. The van der Waals surface area contributed by atoms with Gasteiger partial charge in [0.1, 0.15) is 23.3 Å². The molecule has 0 unspecified atom stereocenters. The van der Waals surface area contributed by atoms with Crippen LogP contribution in [0.3, 0.4) is 0 Å². The number of phenolic OH excluding ortho intramolecular Hbond substituents is 2. The molecule has 4 bridgehead atoms. The molecule has 2 aromatic carbocycles. The van der Waals surface area contributed by atoms with E-state index in [-0.39, 0.29) is 29.6 Å². The number of nitro benzene ring substituents is 1. The van der Waals surface area contributed by atoms with Gasteiger partial charge >= 0.3 is 5.69 Å². The highest BCUT2D eigenvalue weighted by Crippen LogP contribution is 2.52. The molecule has 1 aliphatic carbocycles. The molecule has 11 heteroatoms. The lowest BCUT2D eigenvalue weighted by atomic mass is 9.84. The SMILES string of the molecule is N#Cc1ccc(O[C@@]23C[C@@H]4C[C@@](Oc5ccc([N+](=O)[O-])c(O)c5)(C2)O[C@H](O4)O3)cc1O. The van der Waals surface area contributed by atoms with Crippen molar-refractivity contribution in [1.82, 2.24) is 0 Å². The van der Waals surface area contributed by atoms with Crippen LogP contribution in [0.1, 0.15) is 24.8 Å². The Bertz CT molecular complexity index is 1100. The number of nitrogens with zero attached hydrogens (tertiary/aromatic N) is 2. The fourth-order valence-corrected chi connectivity index (χ4v) is 4.21. The molecule has 31 heavy (non-hydrogen) atoms. The minimum absolute atomic E-state index is 0.114. The Morgan fingerprint density at radius 3 is 2.19 bits per heavy atom. The van der Waals surface area contributed by atoms with E-state index in [1.54, 1.807) is 6.07 Å². The molecule has 0 amide bonds. The van der Waals surface area contributed by atoms with Gasteiger partial charge in [0.25, 0.3) is 6.48 Å². The molecule has 3 heterocycles. The summed E-state index contributed by atoms with van der Waals surface area (Å²) in [5, 5.41) is 39.7. The van der Waals surface area contributed by atoms with Gasteiger partial charge in [-0.2, -0.15) is 5.26 Å². The van der Waals surface area contributed by atoms with E-state index < -0.39 is 34.4 Å². The molecule has 2 N–H and O–H groups in total. The average Bonchev–Trinajstić information content (AvgIpc) is 2.66. The highest BCUT2D eigenvalue weighted by atomic mass is 16.9. The second kappa shape index (κ2) is 6.71. The first-order valence-electron chi connectivity index (χ1n) is 9.38. The van der Waals surface area contributed by atoms with Gasteiger partial charge in [0, 0.05) is 31.0 Å². The molecule has 3 aliphatic heterocycles. The molecular formula is C20H16N2O9. The Morgan fingerprint density at radius 1 is 1.06 bits per heavy atom. The van der Waals surface area contributed by atoms with Gasteiger partial charge in [0.15, 0.2) is 5.75 Å². The summed E-state index contributed by atoms with van der Waals surface area (Å²) < 4.78 is 29.3. The largest absolute Gasteiger partial charge is 0.506 e. The molecule has 160 valence electrons. The average molecular weight is 428 g/mol. The van der Waals surface area contributed by atoms with Crippen LogP contribution in [0.15, 0.2) is 36.4 Å². The van der Waals surface area contributed by atoms with Gasteiger partial charge in [0.2, 0.25) is 11.6 Å². The standard InChI is InChI=1S/C20H16N2O9/c21-9-11-1-2-12(5-16(11)23)28-19-7-14-8-20(10-19,31-18(27-14)30-19)29-13-3-4-15(22(25)26)17(24)6-13/h1-6,14,18,23-24H,7-8,10H2/t14-,18-,19-,20+/m1/s1. The van der Waals surface area contributed by atoms with E-state index in [4.69, 9.17) is 28.9 Å². The van der Waals surface area contributed by atoms with E-state index in [1.807, 2.05) is 6.07 Å². The van der Waals surface area contributed by atoms with Crippen molar-refractivity contribution in [2.24, 2.45) is 0 Å². The molecular weight excluding hydrogens is 412 g/mol. The Hall–Kier alpha value is -3.59. The maximum Gasteiger partial charge on any atom is 0.310 e. The predicted octanol–water partition coefficient (Wildman–Crippen LogP) is 2.64. The normalized spacial score (nSPS) is 30.5. The fraction of sp³-hybridized carbons (Fsp3) is 0.350. The van der Waals surface area contributed by atoms with Crippen LogP contribution in [0, 0.1) is 21.4 Å². The summed E-state index contributed by atoms with van der Waals surface area (Å²) in [6, 6.07) is 9.83. The molecule has 1 saturated carbocycles. The van der Waals surface area contributed by atoms with Crippen LogP contribution >= 0.6 is 0 Å². The lowest BCUT2D eigenvalue weighted by Crippen LogP contribution is -2.70. The zero-order valence-electron chi connectivity index (χ0n) is 15.9. The molecule has 0 spiro atoms. The number of nitro groups is 1. The molecule has 4 atom stereocenters. The summed E-state index contributed by atoms with van der Waals surface area (Å²) in [5.41, 5.74) is -0.325. The second-order valence-corrected chi connectivity index (χ2v) is 7.59. The number of benzene rings is 2. The topological polar surface area (TPSA) is 154 Å². The third kappa shape index (κ3) is 3.36. The number of hydrogen-bond donors (Lipinski definition) is 2. The number of rotatable bonds is 5. The van der Waals surface area contributed by atoms with Gasteiger partial charge in [-0.3, -0.25) is 19.6 Å². The van der Waals surface area contributed by atoms with Crippen molar-refractivity contribution in [2.75, 3.05) is 0 Å². The van der Waals surface area contributed by atoms with Crippen molar-refractivity contribution in [1.29, 1.82) is 5.26 Å². The van der Waals surface area contributed by atoms with E-state index in [1.165, 1.54) is 18.2 Å².